The predicted molar refractivity (Wildman–Crippen MR) is 146 cm³/mol. The number of thiophene rings is 1. The zero-order valence-corrected chi connectivity index (χ0v) is 23.6. The van der Waals surface area contributed by atoms with Gasteiger partial charge in [0.1, 0.15) is 5.41 Å². The van der Waals surface area contributed by atoms with Crippen LogP contribution in [0.1, 0.15) is 77.6 Å². The Morgan fingerprint density at radius 2 is 1.82 bits per heavy atom. The summed E-state index contributed by atoms with van der Waals surface area (Å²) in [6.45, 7) is 7.80. The molecule has 210 valence electrons. The maximum absolute atomic E-state index is 13.8. The topological polar surface area (TPSA) is 99.0 Å². The normalized spacial score (nSPS) is 18.7. The van der Waals surface area contributed by atoms with Gasteiger partial charge in [-0.05, 0) is 69.7 Å². The first-order chi connectivity index (χ1) is 18.8. The highest BCUT2D eigenvalue weighted by Crippen LogP contribution is 2.48. The number of halogens is 3. The van der Waals surface area contributed by atoms with Crippen molar-refractivity contribution in [3.05, 3.63) is 51.5 Å². The van der Waals surface area contributed by atoms with Crippen molar-refractivity contribution in [3.63, 3.8) is 0 Å². The van der Waals surface area contributed by atoms with E-state index in [1.807, 2.05) is 6.92 Å². The van der Waals surface area contributed by atoms with Gasteiger partial charge in [0.25, 0.3) is 0 Å². The highest BCUT2D eigenvalue weighted by atomic mass is 32.1. The lowest BCUT2D eigenvalue weighted by molar-refractivity contribution is -0.138. The molecule has 0 unspecified atom stereocenters. The van der Waals surface area contributed by atoms with Crippen molar-refractivity contribution in [3.8, 4) is 6.07 Å². The van der Waals surface area contributed by atoms with Crippen molar-refractivity contribution < 1.29 is 22.8 Å². The summed E-state index contributed by atoms with van der Waals surface area (Å²) in [5.74, 6) is 0.256. The van der Waals surface area contributed by atoms with Gasteiger partial charge >= 0.3 is 6.18 Å². The zero-order valence-electron chi connectivity index (χ0n) is 22.8. The van der Waals surface area contributed by atoms with Crippen LogP contribution in [0.5, 0.6) is 0 Å². The van der Waals surface area contributed by atoms with Crippen molar-refractivity contribution in [2.75, 3.05) is 18.4 Å². The second-order valence-electron chi connectivity index (χ2n) is 11.2. The summed E-state index contributed by atoms with van der Waals surface area (Å²) >= 11 is 1.33. The minimum atomic E-state index is -4.45. The van der Waals surface area contributed by atoms with Gasteiger partial charge in [-0.15, -0.1) is 16.4 Å². The number of hydrogen-bond acceptors (Lipinski definition) is 7. The Morgan fingerprint density at radius 3 is 2.42 bits per heavy atom. The average molecular weight is 570 g/mol. The molecule has 1 N–H and O–H groups in total. The van der Waals surface area contributed by atoms with Gasteiger partial charge in [-0.2, -0.15) is 23.5 Å². The molecule has 0 radical (unpaired) electrons. The molecule has 0 spiro atoms. The van der Waals surface area contributed by atoms with Crippen LogP contribution < -0.4 is 5.32 Å². The Balaban J connectivity index is 1.38. The summed E-state index contributed by atoms with van der Waals surface area (Å²) < 4.78 is 41.2. The van der Waals surface area contributed by atoms with Crippen molar-refractivity contribution >= 4 is 38.9 Å². The van der Waals surface area contributed by atoms with Crippen molar-refractivity contribution in [2.24, 2.45) is 10.8 Å². The number of ketones is 1. The molecule has 1 aliphatic heterocycles. The molecule has 1 saturated carbocycles. The Labute approximate surface area is 234 Å². The molecule has 5 rings (SSSR count). The maximum atomic E-state index is 13.8. The highest BCUT2D eigenvalue weighted by molar-refractivity contribution is 7.21. The third-order valence-electron chi connectivity index (χ3n) is 8.42. The molecular formula is C29H30F3N5O2S. The number of hydrogen-bond donors (Lipinski definition) is 1. The molecule has 1 saturated heterocycles. The molecule has 1 aliphatic carbocycles. The van der Waals surface area contributed by atoms with E-state index in [0.29, 0.717) is 66.1 Å². The van der Waals surface area contributed by atoms with E-state index in [0.717, 1.165) is 10.8 Å². The van der Waals surface area contributed by atoms with Gasteiger partial charge in [-0.25, -0.2) is 0 Å². The number of nitrogens with one attached hydrogen (secondary N) is 1. The first-order valence-electron chi connectivity index (χ1n) is 13.3. The first kappa shape index (κ1) is 28.0. The first-order valence-corrected chi connectivity index (χ1v) is 14.1. The SMILES string of the molecule is Cc1c([C@@H](C)Nc2nnc(C)c3sc(C(=O)C4(C)CCN(C(=O)C5(C#N)CC5)CC4)cc23)cccc1C(F)(F)F. The smallest absolute Gasteiger partial charge is 0.362 e. The van der Waals surface area contributed by atoms with Crippen LogP contribution in [0.2, 0.25) is 0 Å². The van der Waals surface area contributed by atoms with Crippen molar-refractivity contribution in [1.82, 2.24) is 15.1 Å². The fourth-order valence-electron chi connectivity index (χ4n) is 5.52. The average Bonchev–Trinajstić information content (AvgIpc) is 3.59. The number of rotatable bonds is 6. The number of aromatic nitrogens is 2. The van der Waals surface area contributed by atoms with Gasteiger partial charge in [0.15, 0.2) is 11.6 Å². The molecule has 11 heteroatoms. The van der Waals surface area contributed by atoms with E-state index in [4.69, 9.17) is 0 Å². The summed E-state index contributed by atoms with van der Waals surface area (Å²) in [5, 5.41) is 21.8. The summed E-state index contributed by atoms with van der Waals surface area (Å²) in [6.07, 6.45) is -2.26. The van der Waals surface area contributed by atoms with Crippen LogP contribution in [0.4, 0.5) is 19.0 Å². The molecule has 40 heavy (non-hydrogen) atoms. The number of nitrogens with zero attached hydrogens (tertiary/aromatic N) is 4. The molecule has 0 bridgehead atoms. The number of fused-ring (bicyclic) bond motifs is 1. The van der Waals surface area contributed by atoms with Gasteiger partial charge in [-0.3, -0.25) is 9.59 Å². The minimum absolute atomic E-state index is 0.0191. The fraction of sp³-hybridized carbons (Fsp3) is 0.483. The van der Waals surface area contributed by atoms with Crippen LogP contribution in [-0.2, 0) is 11.0 Å². The predicted octanol–water partition coefficient (Wildman–Crippen LogP) is 6.62. The Morgan fingerprint density at radius 1 is 1.15 bits per heavy atom. The monoisotopic (exact) mass is 569 g/mol. The summed E-state index contributed by atoms with van der Waals surface area (Å²) in [7, 11) is 0. The molecule has 1 atom stereocenters. The Hall–Kier alpha value is -3.52. The molecule has 1 aromatic carbocycles. The summed E-state index contributed by atoms with van der Waals surface area (Å²) in [4.78, 5) is 28.8. The number of likely N-dealkylation sites (tertiary alicyclic amines) is 1. The molecule has 7 nitrogen and oxygen atoms in total. The summed E-state index contributed by atoms with van der Waals surface area (Å²) in [5.41, 5.74) is -0.908. The number of carbonyl (C=O) groups is 2. The van der Waals surface area contributed by atoms with E-state index in [9.17, 15) is 28.0 Å². The molecular weight excluding hydrogens is 539 g/mol. The quantitative estimate of drug-likeness (QED) is 0.335. The lowest BCUT2D eigenvalue weighted by atomic mass is 9.76. The molecule has 3 heterocycles. The number of alkyl halides is 3. The van der Waals surface area contributed by atoms with Crippen molar-refractivity contribution in [2.45, 2.75) is 65.6 Å². The highest BCUT2D eigenvalue weighted by Gasteiger charge is 2.53. The Kier molecular flexibility index (Phi) is 6.89. The second-order valence-corrected chi connectivity index (χ2v) is 12.3. The van der Waals surface area contributed by atoms with E-state index >= 15 is 0 Å². The number of aryl methyl sites for hydroxylation is 1. The van der Waals surface area contributed by atoms with Crippen LogP contribution in [0.3, 0.4) is 0 Å². The summed E-state index contributed by atoms with van der Waals surface area (Å²) in [6, 6.07) is 7.57. The number of carbonyl (C=O) groups excluding carboxylic acids is 2. The third-order valence-corrected chi connectivity index (χ3v) is 9.66. The van der Waals surface area contributed by atoms with Gasteiger partial charge in [-0.1, -0.05) is 19.1 Å². The molecule has 1 amide bonds. The van der Waals surface area contributed by atoms with Gasteiger partial charge < -0.3 is 10.2 Å². The van der Waals surface area contributed by atoms with Crippen LogP contribution in [-0.4, -0.2) is 39.9 Å². The number of benzene rings is 1. The fourth-order valence-corrected chi connectivity index (χ4v) is 6.71. The zero-order chi connectivity index (χ0) is 29.0. The third kappa shape index (κ3) is 4.83. The van der Waals surface area contributed by atoms with Gasteiger partial charge in [0, 0.05) is 23.9 Å². The van der Waals surface area contributed by atoms with Crippen molar-refractivity contribution in [1.29, 1.82) is 5.26 Å². The van der Waals surface area contributed by atoms with Crippen LogP contribution >= 0.6 is 11.3 Å². The van der Waals surface area contributed by atoms with E-state index in [1.54, 1.807) is 30.9 Å². The second kappa shape index (κ2) is 9.84. The molecule has 2 aromatic heterocycles. The number of Topliss-reactive ketones (excluding diaryl/α,β-unsaturated/α-hetero) is 1. The van der Waals surface area contributed by atoms with Crippen LogP contribution in [0.15, 0.2) is 24.3 Å². The molecule has 2 aliphatic rings. The van der Waals surface area contributed by atoms with E-state index in [2.05, 4.69) is 21.6 Å². The van der Waals surface area contributed by atoms with E-state index < -0.39 is 28.6 Å². The van der Waals surface area contributed by atoms with Crippen LogP contribution in [0.25, 0.3) is 10.1 Å². The maximum Gasteiger partial charge on any atom is 0.416 e. The number of amides is 1. The lowest BCUT2D eigenvalue weighted by Crippen LogP contribution is -2.47. The number of nitriles is 1. The Bertz CT molecular complexity index is 1550. The number of piperidine rings is 1. The lowest BCUT2D eigenvalue weighted by Gasteiger charge is -2.38. The molecule has 3 aromatic rings. The van der Waals surface area contributed by atoms with E-state index in [-0.39, 0.29) is 17.3 Å². The van der Waals surface area contributed by atoms with E-state index in [1.165, 1.54) is 24.3 Å². The molecule has 2 fully saturated rings. The largest absolute Gasteiger partial charge is 0.416 e. The number of anilines is 1. The minimum Gasteiger partial charge on any atom is -0.362 e. The van der Waals surface area contributed by atoms with Gasteiger partial charge in [0.05, 0.1) is 32.9 Å². The standard InChI is InChI=1S/C29H30F3N5O2S/c1-16-19(6-5-7-21(16)29(30,31)32)17(2)34-25-20-14-22(40-23(20)18(3)35-36-25)24(38)27(4)10-12-37(13-11-27)26(39)28(15-33)8-9-28/h5-7,14,17H,8-13H2,1-4H3,(H,34,36)/t17-/m1/s1. The van der Waals surface area contributed by atoms with Gasteiger partial charge in [0.2, 0.25) is 5.91 Å². The van der Waals surface area contributed by atoms with Crippen LogP contribution in [0, 0.1) is 36.0 Å².